The van der Waals surface area contributed by atoms with Gasteiger partial charge in [0.25, 0.3) is 0 Å². The van der Waals surface area contributed by atoms with E-state index in [0.717, 1.165) is 89.9 Å². The van der Waals surface area contributed by atoms with Crippen molar-refractivity contribution in [2.75, 3.05) is 47.5 Å². The fourth-order valence-electron chi connectivity index (χ4n) is 8.16. The maximum Gasteiger partial charge on any atom is 0.306 e. The standard InChI is InChI=1S/C66H113NO8/c1-6-8-10-12-14-16-18-20-22-24-26-28-30-31-32-33-35-37-39-41-43-45-47-49-51-53-55-57-64(69)75-62(61-74-66(65(70)71)72-59-58-67(3,4)5)60-73-63(68)56-54-52-50-48-46-44-42-40-38-36-34-29-27-25-23-21-19-17-15-13-11-9-7-2/h8,10,14,16,19-22,25-28,31-32,35,37,62,66H,6-7,9,11-13,15,17-18,23-24,29-30,33-34,36,38-61H2,1-5H3/b10-8-,16-14-,21-19-,22-20-,27-25-,28-26-,32-31-,37-35-. The minimum absolute atomic E-state index is 0.141. The first-order valence-corrected chi connectivity index (χ1v) is 30.4. The summed E-state index contributed by atoms with van der Waals surface area (Å²) >= 11 is 0. The van der Waals surface area contributed by atoms with Crippen molar-refractivity contribution < 1.29 is 42.9 Å². The lowest BCUT2D eigenvalue weighted by atomic mass is 10.0. The van der Waals surface area contributed by atoms with Gasteiger partial charge in [-0.15, -0.1) is 0 Å². The number of ether oxygens (including phenoxy) is 4. The molecule has 0 aromatic rings. The van der Waals surface area contributed by atoms with Crippen LogP contribution >= 0.6 is 0 Å². The Hall–Kier alpha value is -3.79. The second kappa shape index (κ2) is 56.4. The van der Waals surface area contributed by atoms with Crippen LogP contribution in [0.15, 0.2) is 97.2 Å². The van der Waals surface area contributed by atoms with E-state index in [4.69, 9.17) is 18.9 Å². The van der Waals surface area contributed by atoms with E-state index in [0.29, 0.717) is 17.4 Å². The molecular weight excluding hydrogens is 935 g/mol. The van der Waals surface area contributed by atoms with Crippen LogP contribution in [-0.2, 0) is 33.3 Å². The van der Waals surface area contributed by atoms with Gasteiger partial charge in [-0.05, 0) is 96.3 Å². The molecule has 0 amide bonds. The zero-order chi connectivity index (χ0) is 54.8. The summed E-state index contributed by atoms with van der Waals surface area (Å²) in [5, 5.41) is 11.8. The molecule has 9 nitrogen and oxygen atoms in total. The summed E-state index contributed by atoms with van der Waals surface area (Å²) in [7, 11) is 5.92. The molecule has 0 aromatic heterocycles. The van der Waals surface area contributed by atoms with Crippen LogP contribution in [0.3, 0.4) is 0 Å². The summed E-state index contributed by atoms with van der Waals surface area (Å²) in [4.78, 5) is 37.4. The second-order valence-corrected chi connectivity index (χ2v) is 21.3. The van der Waals surface area contributed by atoms with Gasteiger partial charge in [-0.1, -0.05) is 233 Å². The van der Waals surface area contributed by atoms with Gasteiger partial charge in [0, 0.05) is 12.8 Å². The summed E-state index contributed by atoms with van der Waals surface area (Å²) in [6.45, 7) is 4.62. The molecule has 0 saturated carbocycles. The van der Waals surface area contributed by atoms with Crippen molar-refractivity contribution in [2.24, 2.45) is 0 Å². The Morgan fingerprint density at radius 1 is 0.413 bits per heavy atom. The van der Waals surface area contributed by atoms with Crippen LogP contribution in [0.2, 0.25) is 0 Å². The summed E-state index contributed by atoms with van der Waals surface area (Å²) in [5.41, 5.74) is 0. The Labute approximate surface area is 461 Å². The number of quaternary nitrogens is 1. The number of carbonyl (C=O) groups is 3. The summed E-state index contributed by atoms with van der Waals surface area (Å²) in [5.74, 6) is -2.30. The van der Waals surface area contributed by atoms with Crippen molar-refractivity contribution >= 4 is 17.9 Å². The number of hydrogen-bond donors (Lipinski definition) is 0. The third-order valence-corrected chi connectivity index (χ3v) is 12.8. The van der Waals surface area contributed by atoms with Gasteiger partial charge in [0.15, 0.2) is 12.4 Å². The normalized spacial score (nSPS) is 13.5. The molecule has 0 aromatic carbocycles. The number of allylic oxidation sites excluding steroid dienone is 16. The quantitative estimate of drug-likeness (QED) is 0.0195. The third-order valence-electron chi connectivity index (χ3n) is 12.8. The van der Waals surface area contributed by atoms with Crippen molar-refractivity contribution in [3.8, 4) is 0 Å². The highest BCUT2D eigenvalue weighted by Gasteiger charge is 2.22. The van der Waals surface area contributed by atoms with Crippen molar-refractivity contribution in [2.45, 2.75) is 257 Å². The summed E-state index contributed by atoms with van der Waals surface area (Å²) < 4.78 is 22.7. The highest BCUT2D eigenvalue weighted by molar-refractivity contribution is 5.70. The predicted octanol–water partition coefficient (Wildman–Crippen LogP) is 16.8. The number of carboxylic acid groups (broad SMARTS) is 1. The number of esters is 2. The Bertz CT molecular complexity index is 1550. The average Bonchev–Trinajstić information content (AvgIpc) is 3.38. The van der Waals surface area contributed by atoms with E-state index < -0.39 is 24.3 Å². The number of nitrogens with zero attached hydrogens (tertiary/aromatic N) is 1. The van der Waals surface area contributed by atoms with Gasteiger partial charge >= 0.3 is 11.9 Å². The predicted molar refractivity (Wildman–Crippen MR) is 315 cm³/mol. The second-order valence-electron chi connectivity index (χ2n) is 21.3. The fraction of sp³-hybridized carbons (Fsp3) is 0.712. The number of unbranched alkanes of at least 4 members (excludes halogenated alkanes) is 24. The number of carbonyl (C=O) groups excluding carboxylic acids is 3. The smallest absolute Gasteiger partial charge is 0.306 e. The zero-order valence-electron chi connectivity index (χ0n) is 48.9. The molecule has 0 heterocycles. The van der Waals surface area contributed by atoms with Gasteiger partial charge in [-0.2, -0.15) is 0 Å². The van der Waals surface area contributed by atoms with Crippen LogP contribution in [0, 0.1) is 0 Å². The van der Waals surface area contributed by atoms with Crippen LogP contribution in [0.4, 0.5) is 0 Å². The van der Waals surface area contributed by atoms with Gasteiger partial charge in [0.2, 0.25) is 0 Å². The summed E-state index contributed by atoms with van der Waals surface area (Å²) in [6, 6.07) is 0. The number of carboxylic acids is 1. The first kappa shape index (κ1) is 71.2. The van der Waals surface area contributed by atoms with E-state index in [1.807, 2.05) is 21.1 Å². The van der Waals surface area contributed by atoms with E-state index in [2.05, 4.69) is 111 Å². The van der Waals surface area contributed by atoms with Crippen LogP contribution in [0.25, 0.3) is 0 Å². The molecule has 0 N–H and O–H groups in total. The van der Waals surface area contributed by atoms with E-state index in [1.165, 1.54) is 122 Å². The molecule has 0 radical (unpaired) electrons. The molecule has 0 bridgehead atoms. The monoisotopic (exact) mass is 1050 g/mol. The Balaban J connectivity index is 4.27. The van der Waals surface area contributed by atoms with E-state index >= 15 is 0 Å². The summed E-state index contributed by atoms with van der Waals surface area (Å²) in [6.07, 6.45) is 73.1. The minimum atomic E-state index is -1.63. The lowest BCUT2D eigenvalue weighted by Gasteiger charge is -2.26. The maximum absolute atomic E-state index is 12.9. The Kier molecular flexibility index (Phi) is 53.6. The number of rotatable bonds is 55. The average molecular weight is 1050 g/mol. The Morgan fingerprint density at radius 3 is 1.13 bits per heavy atom. The van der Waals surface area contributed by atoms with E-state index in [-0.39, 0.29) is 38.6 Å². The van der Waals surface area contributed by atoms with Crippen LogP contribution < -0.4 is 5.11 Å². The van der Waals surface area contributed by atoms with Crippen LogP contribution in [0.5, 0.6) is 0 Å². The Morgan fingerprint density at radius 2 is 0.760 bits per heavy atom. The molecule has 0 spiro atoms. The van der Waals surface area contributed by atoms with Crippen molar-refractivity contribution in [1.82, 2.24) is 0 Å². The van der Waals surface area contributed by atoms with Crippen molar-refractivity contribution in [1.29, 1.82) is 0 Å². The number of aliphatic carboxylic acids is 1. The van der Waals surface area contributed by atoms with Gasteiger partial charge in [-0.25, -0.2) is 0 Å². The molecule has 0 aliphatic heterocycles. The first-order valence-electron chi connectivity index (χ1n) is 30.4. The molecule has 0 aliphatic rings. The van der Waals surface area contributed by atoms with E-state index in [1.54, 1.807) is 0 Å². The van der Waals surface area contributed by atoms with Gasteiger partial charge < -0.3 is 33.3 Å². The lowest BCUT2D eigenvalue weighted by molar-refractivity contribution is -0.870. The topological polar surface area (TPSA) is 111 Å². The van der Waals surface area contributed by atoms with Crippen molar-refractivity contribution in [3.05, 3.63) is 97.2 Å². The van der Waals surface area contributed by atoms with Gasteiger partial charge in [-0.3, -0.25) is 9.59 Å². The lowest BCUT2D eigenvalue weighted by Crippen LogP contribution is -2.44. The van der Waals surface area contributed by atoms with Gasteiger partial charge in [0.05, 0.1) is 40.3 Å². The zero-order valence-corrected chi connectivity index (χ0v) is 48.9. The molecule has 75 heavy (non-hydrogen) atoms. The SMILES string of the molecule is CC/C=C\C/C=C\C/C=C\C/C=C\C/C=C\C/C=C\CCCCCCCCCCC(=O)OC(COC(=O)CCCCCCCCCCCCC/C=C\C/C=C\CCCCCCC)COC(OCC[N+](C)(C)C)C(=O)[O-]. The third kappa shape index (κ3) is 57.7. The molecule has 0 saturated heterocycles. The van der Waals surface area contributed by atoms with Gasteiger partial charge in [0.1, 0.15) is 13.2 Å². The highest BCUT2D eigenvalue weighted by Crippen LogP contribution is 2.15. The maximum atomic E-state index is 12.9. The largest absolute Gasteiger partial charge is 0.545 e. The molecule has 0 fully saturated rings. The van der Waals surface area contributed by atoms with Crippen LogP contribution in [0.1, 0.15) is 245 Å². The van der Waals surface area contributed by atoms with Crippen LogP contribution in [-0.4, -0.2) is 82.3 Å². The minimum Gasteiger partial charge on any atom is -0.545 e. The molecule has 2 atom stereocenters. The first-order chi connectivity index (χ1) is 36.6. The molecule has 9 heteroatoms. The highest BCUT2D eigenvalue weighted by atomic mass is 16.7. The molecule has 430 valence electrons. The molecular formula is C66H113NO8. The van der Waals surface area contributed by atoms with Crippen molar-refractivity contribution in [3.63, 3.8) is 0 Å². The van der Waals surface area contributed by atoms with E-state index in [9.17, 15) is 19.5 Å². The fourth-order valence-corrected chi connectivity index (χ4v) is 8.16. The molecule has 0 aliphatic carbocycles. The molecule has 0 rings (SSSR count). The number of hydrogen-bond acceptors (Lipinski definition) is 8. The molecule has 2 unspecified atom stereocenters. The number of likely N-dealkylation sites (N-methyl/N-ethyl adjacent to an activating group) is 1.